The summed E-state index contributed by atoms with van der Waals surface area (Å²) in [6.07, 6.45) is -14.6. The van der Waals surface area contributed by atoms with Gasteiger partial charge in [-0.2, -0.15) is 0 Å². The van der Waals surface area contributed by atoms with Crippen molar-refractivity contribution in [3.8, 4) is 0 Å². The maximum atomic E-state index is 14.1. The third-order valence-corrected chi connectivity index (χ3v) is 16.0. The third kappa shape index (κ3) is 41.0. The van der Waals surface area contributed by atoms with E-state index in [2.05, 4.69) is 42.5 Å². The molecule has 3 heterocycles. The lowest BCUT2D eigenvalue weighted by atomic mass is 9.97. The van der Waals surface area contributed by atoms with Crippen LogP contribution in [0.2, 0.25) is 0 Å². The van der Waals surface area contributed by atoms with Crippen molar-refractivity contribution < 1.29 is 170 Å². The zero-order valence-corrected chi connectivity index (χ0v) is 61.4. The summed E-state index contributed by atoms with van der Waals surface area (Å²) in [5, 5.41) is 120. The molecule has 0 aliphatic carbocycles. The number of nitrogens with one attached hydrogen (secondary N) is 8. The lowest BCUT2D eigenvalue weighted by Gasteiger charge is -2.42. The Hall–Kier alpha value is -5.77. The maximum absolute atomic E-state index is 14.1. The van der Waals surface area contributed by atoms with Gasteiger partial charge in [0.05, 0.1) is 158 Å². The Morgan fingerprint density at radius 1 is 0.343 bits per heavy atom. The largest absolute Gasteiger partial charge is 0.481 e. The number of carboxylic acids is 1. The van der Waals surface area contributed by atoms with Crippen LogP contribution in [0.25, 0.3) is 0 Å². The quantitative estimate of drug-likeness (QED) is 0.0251. The number of aliphatic hydroxyl groups is 9. The SMILES string of the molecule is CC(=O)N[C@H]1[C@H](OCCOCCOCCOCC(=O)NCCCC[C@H](NC(=O)COCCOCCOCCO[C@@H]2O[C@H](CO)[C@H](O)[C@H](O)[C@H]2NC(C)=O)C(=O)N[C@@H](CCCCNC(=O)COCCOCCOCCOC2O[C@H](CO)[C@H](O)[C@H](O)[C@H]2NC(C)=O)C(=O)NCCOCCC(=O)O)O[C@H](CO)[C@H](O)[C@@H]1O. The fourth-order valence-corrected chi connectivity index (χ4v) is 10.5. The summed E-state index contributed by atoms with van der Waals surface area (Å²) in [6.45, 7) is 2.06. The molecule has 1 unspecified atom stereocenters. The first kappa shape index (κ1) is 96.4. The van der Waals surface area contributed by atoms with Crippen LogP contribution < -0.4 is 42.5 Å². The molecule has 43 heteroatoms. The van der Waals surface area contributed by atoms with E-state index in [-0.39, 0.29) is 191 Å². The van der Waals surface area contributed by atoms with Gasteiger partial charge in [-0.3, -0.25) is 43.2 Å². The molecule has 8 amide bonds. The van der Waals surface area contributed by atoms with Gasteiger partial charge in [-0.05, 0) is 38.5 Å². The molecule has 0 bridgehead atoms. The summed E-state index contributed by atoms with van der Waals surface area (Å²) < 4.78 is 87.9. The number of unbranched alkanes of at least 4 members (excludes halogenated alkanes) is 2. The Kier molecular flexibility index (Phi) is 51.9. The van der Waals surface area contributed by atoms with Gasteiger partial charge >= 0.3 is 5.97 Å². The van der Waals surface area contributed by atoms with Gasteiger partial charge in [-0.15, -0.1) is 0 Å². The molecule has 3 saturated heterocycles. The second kappa shape index (κ2) is 58.2. The van der Waals surface area contributed by atoms with Gasteiger partial charge in [0, 0.05) is 40.4 Å². The Morgan fingerprint density at radius 3 is 0.972 bits per heavy atom. The zero-order chi connectivity index (χ0) is 79.4. The van der Waals surface area contributed by atoms with E-state index in [1.54, 1.807) is 0 Å². The summed E-state index contributed by atoms with van der Waals surface area (Å²) in [5.41, 5.74) is 0. The monoisotopic (exact) mass is 1570 g/mol. The van der Waals surface area contributed by atoms with Crippen molar-refractivity contribution in [2.75, 3.05) is 191 Å². The number of aliphatic hydroxyl groups excluding tert-OH is 9. The first-order chi connectivity index (χ1) is 51.9. The van der Waals surface area contributed by atoms with Crippen molar-refractivity contribution in [2.45, 2.75) is 170 Å². The number of hydrogen-bond donors (Lipinski definition) is 18. The molecule has 0 aromatic carbocycles. The van der Waals surface area contributed by atoms with Crippen molar-refractivity contribution in [3.63, 3.8) is 0 Å². The topological polar surface area (TPSA) is 600 Å². The number of aliphatic carboxylic acids is 1. The van der Waals surface area contributed by atoms with Crippen molar-refractivity contribution in [3.05, 3.63) is 0 Å². The predicted octanol–water partition coefficient (Wildman–Crippen LogP) is -9.83. The zero-order valence-electron chi connectivity index (χ0n) is 61.4. The van der Waals surface area contributed by atoms with Gasteiger partial charge in [0.15, 0.2) is 18.9 Å². The molecule has 626 valence electrons. The van der Waals surface area contributed by atoms with Gasteiger partial charge in [0.25, 0.3) is 0 Å². The van der Waals surface area contributed by atoms with E-state index in [1.165, 1.54) is 20.8 Å². The molecule has 3 aliphatic rings. The molecule has 0 spiro atoms. The van der Waals surface area contributed by atoms with Crippen LogP contribution in [0, 0.1) is 0 Å². The number of amides is 8. The lowest BCUT2D eigenvalue weighted by Crippen LogP contribution is -2.64. The highest BCUT2D eigenvalue weighted by atomic mass is 16.7. The smallest absolute Gasteiger partial charge is 0.305 e. The maximum Gasteiger partial charge on any atom is 0.305 e. The van der Waals surface area contributed by atoms with E-state index >= 15 is 0 Å². The molecule has 0 aromatic heterocycles. The number of ether oxygens (including phenoxy) is 16. The molecular weight excluding hydrogens is 1450 g/mol. The number of hydrogen-bond acceptors (Lipinski definition) is 34. The average molecular weight is 1570 g/mol. The fourth-order valence-electron chi connectivity index (χ4n) is 10.5. The van der Waals surface area contributed by atoms with E-state index in [9.17, 15) is 89.1 Å². The Labute approximate surface area is 625 Å². The summed E-state index contributed by atoms with van der Waals surface area (Å²) in [6, 6.07) is -5.70. The van der Waals surface area contributed by atoms with E-state index < -0.39 is 184 Å². The highest BCUT2D eigenvalue weighted by Crippen LogP contribution is 2.25. The predicted molar refractivity (Wildman–Crippen MR) is 365 cm³/mol. The van der Waals surface area contributed by atoms with E-state index in [0.29, 0.717) is 19.3 Å². The summed E-state index contributed by atoms with van der Waals surface area (Å²) >= 11 is 0. The highest BCUT2D eigenvalue weighted by molar-refractivity contribution is 5.92. The Morgan fingerprint density at radius 2 is 0.648 bits per heavy atom. The highest BCUT2D eigenvalue weighted by Gasteiger charge is 2.48. The van der Waals surface area contributed by atoms with Crippen LogP contribution in [0.5, 0.6) is 0 Å². The first-order valence-electron chi connectivity index (χ1n) is 35.9. The van der Waals surface area contributed by atoms with Gasteiger partial charge in [-0.25, -0.2) is 0 Å². The van der Waals surface area contributed by atoms with Gasteiger partial charge < -0.3 is 169 Å². The second-order valence-electron chi connectivity index (χ2n) is 24.7. The molecule has 43 nitrogen and oxygen atoms in total. The lowest BCUT2D eigenvalue weighted by molar-refractivity contribution is -0.272. The van der Waals surface area contributed by atoms with Crippen LogP contribution in [-0.4, -0.2) is 400 Å². The van der Waals surface area contributed by atoms with Crippen LogP contribution in [0.15, 0.2) is 0 Å². The van der Waals surface area contributed by atoms with Crippen LogP contribution in [0.4, 0.5) is 0 Å². The normalized spacial score (nSPS) is 24.7. The summed E-state index contributed by atoms with van der Waals surface area (Å²) in [7, 11) is 0. The minimum atomic E-state index is -1.48. The van der Waals surface area contributed by atoms with Crippen molar-refractivity contribution in [1.82, 2.24) is 42.5 Å². The van der Waals surface area contributed by atoms with E-state index in [1.807, 2.05) is 0 Å². The minimum Gasteiger partial charge on any atom is -0.481 e. The number of rotatable bonds is 62. The Balaban J connectivity index is 1.46. The van der Waals surface area contributed by atoms with Gasteiger partial charge in [-0.1, -0.05) is 0 Å². The Bertz CT molecular complexity index is 2530. The van der Waals surface area contributed by atoms with Crippen LogP contribution in [0.3, 0.4) is 0 Å². The van der Waals surface area contributed by atoms with Crippen molar-refractivity contribution in [1.29, 1.82) is 0 Å². The number of carbonyl (C=O) groups excluding carboxylic acids is 8. The standard InChI is InChI=1S/C65H116N8O35/c1-40(77)69-52-58(88)55(85)45(34-74)106-63(52)103-31-28-97-19-16-94-22-25-100-37-48(80)66-11-6-4-8-43(61(91)68-13-15-93-14-10-51(83)84)73-62(92)44(72-50(82)39-102-27-24-96-18-21-99-30-33-105-65-54(71-42(3)79)60(90)57(87)47(36-76)108-65)9-5-7-12-67-49(81)38-101-26-23-95-17-20-98-29-32-104-64-53(70-41(2)78)59(89)56(86)46(35-75)107-64/h43-47,52-60,63-65,74-76,85-90H,4-39H2,1-3H3,(H,66,80)(H,67,81)(H,68,91)(H,69,77)(H,70,78)(H,71,79)(H,72,82)(H,73,92)(H,83,84)/t43-,44-,45+,46+,47+,52+,53+,54+,55-,56-,57-,58+,59+,60+,63?,64+,65+/m0/s1. The van der Waals surface area contributed by atoms with Crippen LogP contribution >= 0.6 is 0 Å². The van der Waals surface area contributed by atoms with Gasteiger partial charge in [0.1, 0.15) is 105 Å². The molecule has 3 rings (SSSR count). The second-order valence-corrected chi connectivity index (χ2v) is 24.7. The van der Waals surface area contributed by atoms with E-state index in [4.69, 9.17) is 80.9 Å². The molecule has 17 atom stereocenters. The molecule has 3 fully saturated rings. The van der Waals surface area contributed by atoms with Crippen molar-refractivity contribution >= 4 is 53.2 Å². The van der Waals surface area contributed by atoms with Crippen LogP contribution in [0.1, 0.15) is 65.7 Å². The molecule has 0 aromatic rings. The summed E-state index contributed by atoms with van der Waals surface area (Å²) in [4.78, 5) is 112. The third-order valence-electron chi connectivity index (χ3n) is 16.0. The minimum absolute atomic E-state index is 0.0256. The molecule has 0 saturated carbocycles. The summed E-state index contributed by atoms with van der Waals surface area (Å²) in [5.74, 6) is -5.51. The van der Waals surface area contributed by atoms with Crippen molar-refractivity contribution in [2.24, 2.45) is 0 Å². The van der Waals surface area contributed by atoms with Gasteiger partial charge in [0.2, 0.25) is 47.3 Å². The molecule has 0 radical (unpaired) electrons. The number of carboxylic acid groups (broad SMARTS) is 1. The fraction of sp³-hybridized carbons (Fsp3) is 0.862. The van der Waals surface area contributed by atoms with E-state index in [0.717, 1.165) is 0 Å². The van der Waals surface area contributed by atoms with Crippen LogP contribution in [-0.2, 0) is 119 Å². The molecule has 18 N–H and O–H groups in total. The molecule has 3 aliphatic heterocycles. The number of carbonyl (C=O) groups is 9. The molecular formula is C65H116N8O35. The molecule has 108 heavy (non-hydrogen) atoms. The first-order valence-corrected chi connectivity index (χ1v) is 35.9. The average Bonchev–Trinajstić information content (AvgIpc) is 0.822.